The third kappa shape index (κ3) is 4.58. The van der Waals surface area contributed by atoms with E-state index in [-0.39, 0.29) is 5.92 Å². The number of hydrogen-bond acceptors (Lipinski definition) is 3. The van der Waals surface area contributed by atoms with Crippen LogP contribution in [0.5, 0.6) is 0 Å². The normalized spacial score (nSPS) is 18.5. The fourth-order valence-corrected chi connectivity index (χ4v) is 5.24. The van der Waals surface area contributed by atoms with Gasteiger partial charge in [0.2, 0.25) is 0 Å². The van der Waals surface area contributed by atoms with E-state index in [9.17, 15) is 0 Å². The van der Waals surface area contributed by atoms with Crippen molar-refractivity contribution in [3.63, 3.8) is 0 Å². The zero-order valence-corrected chi connectivity index (χ0v) is 18.8. The van der Waals surface area contributed by atoms with Crippen LogP contribution in [0.3, 0.4) is 0 Å². The summed E-state index contributed by atoms with van der Waals surface area (Å²) in [6.45, 7) is 9.93. The van der Waals surface area contributed by atoms with Crippen molar-refractivity contribution in [3.8, 4) is 0 Å². The average Bonchev–Trinajstić information content (AvgIpc) is 3.33. The van der Waals surface area contributed by atoms with Gasteiger partial charge < -0.3 is 10.2 Å². The van der Waals surface area contributed by atoms with Crippen molar-refractivity contribution in [2.45, 2.75) is 24.8 Å². The van der Waals surface area contributed by atoms with Crippen molar-refractivity contribution in [1.29, 1.82) is 0 Å². The maximum Gasteiger partial charge on any atom is 0.0373 e. The molecular weight excluding hydrogens is 390 g/mol. The minimum absolute atomic E-state index is 0.285. The second kappa shape index (κ2) is 9.62. The summed E-state index contributed by atoms with van der Waals surface area (Å²) < 4.78 is 0. The van der Waals surface area contributed by atoms with Gasteiger partial charge in [-0.15, -0.1) is 0 Å². The van der Waals surface area contributed by atoms with Crippen LogP contribution in [0, 0.1) is 0 Å². The molecule has 3 aromatic carbocycles. The largest absolute Gasteiger partial charge is 0.384 e. The molecule has 2 heterocycles. The summed E-state index contributed by atoms with van der Waals surface area (Å²) in [5.74, 6) is 0.285. The highest BCUT2D eigenvalue weighted by atomic mass is 15.3. The van der Waals surface area contributed by atoms with E-state index in [1.54, 1.807) is 0 Å². The molecule has 0 aromatic heterocycles. The summed E-state index contributed by atoms with van der Waals surface area (Å²) >= 11 is 0. The molecule has 0 radical (unpaired) electrons. The molecule has 1 unspecified atom stereocenters. The van der Waals surface area contributed by atoms with Crippen molar-refractivity contribution in [2.75, 3.05) is 37.6 Å². The lowest BCUT2D eigenvalue weighted by molar-refractivity contribution is 0.231. The van der Waals surface area contributed by atoms with Crippen molar-refractivity contribution in [2.24, 2.45) is 0 Å². The second-order valence-electron chi connectivity index (χ2n) is 9.06. The number of hydrogen-bond donors (Lipinski definition) is 1. The Kier molecular flexibility index (Phi) is 6.27. The van der Waals surface area contributed by atoms with E-state index in [2.05, 4.69) is 107 Å². The molecule has 2 saturated heterocycles. The summed E-state index contributed by atoms with van der Waals surface area (Å²) in [6, 6.07) is 31.1. The summed E-state index contributed by atoms with van der Waals surface area (Å²) in [7, 11) is 0. The fraction of sp³-hybridized carbons (Fsp3) is 0.310. The van der Waals surface area contributed by atoms with Crippen LogP contribution in [0.1, 0.15) is 35.4 Å². The molecule has 164 valence electrons. The van der Waals surface area contributed by atoms with Gasteiger partial charge in [-0.2, -0.15) is 0 Å². The van der Waals surface area contributed by atoms with Gasteiger partial charge in [0.25, 0.3) is 0 Å². The molecule has 2 aliphatic heterocycles. The molecule has 1 N–H and O–H groups in total. The highest BCUT2D eigenvalue weighted by Gasteiger charge is 2.30. The number of benzene rings is 3. The molecule has 2 fully saturated rings. The summed E-state index contributed by atoms with van der Waals surface area (Å²) in [5, 5.41) is 3.64. The summed E-state index contributed by atoms with van der Waals surface area (Å²) in [5.41, 5.74) is 6.13. The maximum absolute atomic E-state index is 4.39. The predicted molar refractivity (Wildman–Crippen MR) is 135 cm³/mol. The van der Waals surface area contributed by atoms with Crippen molar-refractivity contribution in [1.82, 2.24) is 10.2 Å². The Bertz CT molecular complexity index is 991. The molecule has 1 atom stereocenters. The van der Waals surface area contributed by atoms with Crippen molar-refractivity contribution >= 4 is 11.4 Å². The first kappa shape index (κ1) is 20.8. The van der Waals surface area contributed by atoms with E-state index < -0.39 is 0 Å². The number of fused-ring (bicyclic) bond motifs is 1. The second-order valence-corrected chi connectivity index (χ2v) is 9.06. The maximum atomic E-state index is 4.39. The van der Waals surface area contributed by atoms with E-state index in [1.807, 2.05) is 0 Å². The molecule has 3 nitrogen and oxygen atoms in total. The molecule has 2 aliphatic rings. The van der Waals surface area contributed by atoms with Gasteiger partial charge in [-0.3, -0.25) is 4.90 Å². The Hall–Kier alpha value is -3.04. The van der Waals surface area contributed by atoms with Gasteiger partial charge in [-0.05, 0) is 48.2 Å². The minimum Gasteiger partial charge on any atom is -0.384 e. The molecule has 0 saturated carbocycles. The van der Waals surface area contributed by atoms with Crippen LogP contribution in [0.4, 0.5) is 5.69 Å². The lowest BCUT2D eigenvalue weighted by Crippen LogP contribution is -2.50. The molecule has 0 spiro atoms. The molecule has 0 aliphatic carbocycles. The molecular formula is C29H33N3. The van der Waals surface area contributed by atoms with E-state index in [1.165, 1.54) is 48.3 Å². The van der Waals surface area contributed by atoms with Crippen LogP contribution < -0.4 is 10.2 Å². The Balaban J connectivity index is 1.28. The Morgan fingerprint density at radius 3 is 2.31 bits per heavy atom. The van der Waals surface area contributed by atoms with Crippen LogP contribution in [0.15, 0.2) is 91.5 Å². The zero-order chi connectivity index (χ0) is 21.8. The van der Waals surface area contributed by atoms with Crippen LogP contribution in [0.2, 0.25) is 0 Å². The van der Waals surface area contributed by atoms with Crippen LogP contribution in [-0.4, -0.2) is 43.7 Å². The quantitative estimate of drug-likeness (QED) is 0.552. The summed E-state index contributed by atoms with van der Waals surface area (Å²) in [4.78, 5) is 5.22. The van der Waals surface area contributed by atoms with Crippen LogP contribution in [-0.2, 0) is 0 Å². The average molecular weight is 424 g/mol. The molecule has 0 amide bonds. The monoisotopic (exact) mass is 423 g/mol. The SMILES string of the molecule is C=C(NCC(c1ccccc1)c1ccccc1)c1cccc(N2CCN3CCCC3C2)c1. The molecule has 32 heavy (non-hydrogen) atoms. The molecule has 3 heteroatoms. The van der Waals surface area contributed by atoms with E-state index in [0.29, 0.717) is 0 Å². The van der Waals surface area contributed by atoms with Gasteiger partial charge in [-0.25, -0.2) is 0 Å². The van der Waals surface area contributed by atoms with Gasteiger partial charge in [0.05, 0.1) is 0 Å². The van der Waals surface area contributed by atoms with Gasteiger partial charge in [0.1, 0.15) is 0 Å². The minimum atomic E-state index is 0.285. The van der Waals surface area contributed by atoms with E-state index >= 15 is 0 Å². The lowest BCUT2D eigenvalue weighted by atomic mass is 9.91. The third-order valence-electron chi connectivity index (χ3n) is 7.07. The third-order valence-corrected chi connectivity index (χ3v) is 7.07. The first-order chi connectivity index (χ1) is 15.8. The first-order valence-corrected chi connectivity index (χ1v) is 11.9. The van der Waals surface area contributed by atoms with Gasteiger partial charge in [-0.1, -0.05) is 79.4 Å². The van der Waals surface area contributed by atoms with Gasteiger partial charge in [0, 0.05) is 49.5 Å². The van der Waals surface area contributed by atoms with Crippen LogP contribution >= 0.6 is 0 Å². The Labute approximate surface area is 192 Å². The number of rotatable bonds is 7. The topological polar surface area (TPSA) is 18.5 Å². The van der Waals surface area contributed by atoms with Crippen molar-refractivity contribution < 1.29 is 0 Å². The molecule has 5 rings (SSSR count). The van der Waals surface area contributed by atoms with Gasteiger partial charge >= 0.3 is 0 Å². The van der Waals surface area contributed by atoms with Crippen molar-refractivity contribution in [3.05, 3.63) is 108 Å². The summed E-state index contributed by atoms with van der Waals surface area (Å²) in [6.07, 6.45) is 2.69. The first-order valence-electron chi connectivity index (χ1n) is 11.9. The highest BCUT2D eigenvalue weighted by Crippen LogP contribution is 2.28. The zero-order valence-electron chi connectivity index (χ0n) is 18.8. The van der Waals surface area contributed by atoms with E-state index in [4.69, 9.17) is 0 Å². The Morgan fingerprint density at radius 1 is 0.875 bits per heavy atom. The predicted octanol–water partition coefficient (Wildman–Crippen LogP) is 5.36. The number of anilines is 1. The standard InChI is InChI=1S/C29H33N3/c1-23(30-21-29(24-10-4-2-5-11-24)25-12-6-3-7-13-25)26-14-8-15-27(20-26)32-19-18-31-17-9-16-28(31)22-32/h2-8,10-15,20,28-30H,1,9,16-19,21-22H2. The number of nitrogens with zero attached hydrogens (tertiary/aromatic N) is 2. The molecule has 3 aromatic rings. The van der Waals surface area contributed by atoms with Gasteiger partial charge in [0.15, 0.2) is 0 Å². The highest BCUT2D eigenvalue weighted by molar-refractivity contribution is 5.66. The Morgan fingerprint density at radius 2 is 1.59 bits per heavy atom. The van der Waals surface area contributed by atoms with E-state index in [0.717, 1.165) is 31.4 Å². The number of nitrogens with one attached hydrogen (secondary N) is 1. The fourth-order valence-electron chi connectivity index (χ4n) is 5.24. The smallest absolute Gasteiger partial charge is 0.0373 e. The number of piperazine rings is 1. The lowest BCUT2D eigenvalue weighted by Gasteiger charge is -2.39. The molecule has 0 bridgehead atoms. The van der Waals surface area contributed by atoms with Crippen LogP contribution in [0.25, 0.3) is 5.70 Å².